The maximum absolute atomic E-state index is 11.9. The van der Waals surface area contributed by atoms with Gasteiger partial charge in [-0.2, -0.15) is 0 Å². The Morgan fingerprint density at radius 3 is 2.60 bits per heavy atom. The molecule has 0 saturated heterocycles. The van der Waals surface area contributed by atoms with Crippen molar-refractivity contribution in [1.29, 1.82) is 0 Å². The van der Waals surface area contributed by atoms with Crippen LogP contribution in [-0.4, -0.2) is 37.0 Å². The van der Waals surface area contributed by atoms with Gasteiger partial charge in [-0.25, -0.2) is 4.79 Å². The van der Waals surface area contributed by atoms with E-state index in [0.29, 0.717) is 5.39 Å². The smallest absolute Gasteiger partial charge is 0.374 e. The highest BCUT2D eigenvalue weighted by atomic mass is 16.5. The number of nitrogens with one attached hydrogen (secondary N) is 2. The van der Waals surface area contributed by atoms with E-state index in [1.807, 2.05) is 0 Å². The zero-order chi connectivity index (χ0) is 18.4. The number of ether oxygens (including phenoxy) is 1. The van der Waals surface area contributed by atoms with Crippen LogP contribution in [0.4, 0.5) is 0 Å². The number of esters is 1. The lowest BCUT2D eigenvalue weighted by Crippen LogP contribution is -2.41. The molecule has 2 N–H and O–H groups in total. The van der Waals surface area contributed by atoms with Crippen LogP contribution in [0.15, 0.2) is 39.5 Å². The van der Waals surface area contributed by atoms with E-state index < -0.39 is 18.5 Å². The standard InChI is InChI=1S/C17H18N2O6/c1-10(2)19-15(21)8-18-16(22)9-24-17(23)14-7-12(20)11-5-3-4-6-13(11)25-14/h3-7,10H,8-9H2,1-2H3,(H,18,22)(H,19,21). The number of amides is 2. The van der Waals surface area contributed by atoms with E-state index in [2.05, 4.69) is 10.6 Å². The number of hydrogen-bond donors (Lipinski definition) is 2. The van der Waals surface area contributed by atoms with Gasteiger partial charge >= 0.3 is 5.97 Å². The van der Waals surface area contributed by atoms with E-state index >= 15 is 0 Å². The summed E-state index contributed by atoms with van der Waals surface area (Å²) in [5.74, 6) is -2.23. The second-order valence-corrected chi connectivity index (χ2v) is 5.55. The van der Waals surface area contributed by atoms with Crippen LogP contribution in [0.3, 0.4) is 0 Å². The van der Waals surface area contributed by atoms with E-state index in [9.17, 15) is 19.2 Å². The first-order chi connectivity index (χ1) is 11.9. The average molecular weight is 346 g/mol. The first-order valence-electron chi connectivity index (χ1n) is 7.63. The molecule has 1 aromatic carbocycles. The van der Waals surface area contributed by atoms with E-state index in [4.69, 9.17) is 9.15 Å². The fourth-order valence-corrected chi connectivity index (χ4v) is 2.01. The molecule has 0 unspecified atom stereocenters. The molecule has 0 radical (unpaired) electrons. The van der Waals surface area contributed by atoms with Gasteiger partial charge in [-0.3, -0.25) is 14.4 Å². The van der Waals surface area contributed by atoms with Gasteiger partial charge in [0.2, 0.25) is 11.7 Å². The summed E-state index contributed by atoms with van der Waals surface area (Å²) in [6.45, 7) is 2.77. The van der Waals surface area contributed by atoms with Crippen LogP contribution in [0, 0.1) is 0 Å². The Balaban J connectivity index is 1.91. The maximum atomic E-state index is 11.9. The monoisotopic (exact) mass is 346 g/mol. The van der Waals surface area contributed by atoms with Crippen LogP contribution >= 0.6 is 0 Å². The Morgan fingerprint density at radius 2 is 1.88 bits per heavy atom. The molecule has 132 valence electrons. The van der Waals surface area contributed by atoms with Gasteiger partial charge in [-0.1, -0.05) is 12.1 Å². The molecule has 2 aromatic rings. The summed E-state index contributed by atoms with van der Waals surface area (Å²) in [6.07, 6.45) is 0. The summed E-state index contributed by atoms with van der Waals surface area (Å²) in [5, 5.41) is 5.26. The minimum absolute atomic E-state index is 0.0435. The Labute approximate surface area is 143 Å². The summed E-state index contributed by atoms with van der Waals surface area (Å²) >= 11 is 0. The van der Waals surface area contributed by atoms with Crippen molar-refractivity contribution in [2.75, 3.05) is 13.2 Å². The van der Waals surface area contributed by atoms with Crippen molar-refractivity contribution in [2.45, 2.75) is 19.9 Å². The molecule has 1 aromatic heterocycles. The first kappa shape index (κ1) is 18.2. The number of carbonyl (C=O) groups is 3. The number of carbonyl (C=O) groups excluding carboxylic acids is 3. The fraction of sp³-hybridized carbons (Fsp3) is 0.294. The highest BCUT2D eigenvalue weighted by molar-refractivity contribution is 5.91. The third-order valence-corrected chi connectivity index (χ3v) is 3.07. The molecule has 8 heteroatoms. The van der Waals surface area contributed by atoms with Crippen molar-refractivity contribution >= 4 is 28.8 Å². The largest absolute Gasteiger partial charge is 0.450 e. The number of para-hydroxylation sites is 1. The van der Waals surface area contributed by atoms with Crippen LogP contribution in [0.25, 0.3) is 11.0 Å². The number of rotatable bonds is 6. The van der Waals surface area contributed by atoms with Gasteiger partial charge in [0.25, 0.3) is 5.91 Å². The lowest BCUT2D eigenvalue weighted by Gasteiger charge is -2.09. The molecule has 0 aliphatic heterocycles. The molecule has 0 fully saturated rings. The number of fused-ring (bicyclic) bond motifs is 1. The summed E-state index contributed by atoms with van der Waals surface area (Å²) in [4.78, 5) is 46.8. The molecule has 0 bridgehead atoms. The molecule has 25 heavy (non-hydrogen) atoms. The quantitative estimate of drug-likeness (QED) is 0.740. The summed E-state index contributed by atoms with van der Waals surface area (Å²) < 4.78 is 10.1. The highest BCUT2D eigenvalue weighted by Gasteiger charge is 2.15. The maximum Gasteiger partial charge on any atom is 0.374 e. The van der Waals surface area contributed by atoms with E-state index in [1.165, 1.54) is 0 Å². The summed E-state index contributed by atoms with van der Waals surface area (Å²) in [7, 11) is 0. The van der Waals surface area contributed by atoms with Gasteiger partial charge in [0.15, 0.2) is 12.0 Å². The van der Waals surface area contributed by atoms with Crippen LogP contribution < -0.4 is 16.1 Å². The number of benzene rings is 1. The van der Waals surface area contributed by atoms with Crippen molar-refractivity contribution < 1.29 is 23.5 Å². The summed E-state index contributed by atoms with van der Waals surface area (Å²) in [6, 6.07) is 7.43. The van der Waals surface area contributed by atoms with Crippen molar-refractivity contribution in [1.82, 2.24) is 10.6 Å². The van der Waals surface area contributed by atoms with Crippen molar-refractivity contribution in [3.8, 4) is 0 Å². The predicted octanol–water partition coefficient (Wildman–Crippen LogP) is 0.591. The second kappa shape index (κ2) is 8.09. The Hall–Kier alpha value is -3.16. The van der Waals surface area contributed by atoms with Gasteiger partial charge in [0.1, 0.15) is 5.58 Å². The molecule has 0 aliphatic rings. The van der Waals surface area contributed by atoms with Gasteiger partial charge in [-0.15, -0.1) is 0 Å². The van der Waals surface area contributed by atoms with Gasteiger partial charge in [0.05, 0.1) is 11.9 Å². The van der Waals surface area contributed by atoms with Crippen molar-refractivity contribution in [2.24, 2.45) is 0 Å². The van der Waals surface area contributed by atoms with Crippen molar-refractivity contribution in [3.63, 3.8) is 0 Å². The van der Waals surface area contributed by atoms with E-state index in [0.717, 1.165) is 6.07 Å². The fourth-order valence-electron chi connectivity index (χ4n) is 2.01. The molecular weight excluding hydrogens is 328 g/mol. The lowest BCUT2D eigenvalue weighted by molar-refractivity contribution is -0.128. The Morgan fingerprint density at radius 1 is 1.16 bits per heavy atom. The first-order valence-corrected chi connectivity index (χ1v) is 7.63. The number of hydrogen-bond acceptors (Lipinski definition) is 6. The SMILES string of the molecule is CC(C)NC(=O)CNC(=O)COC(=O)c1cc(=O)c2ccccc2o1. The topological polar surface area (TPSA) is 115 Å². The normalized spacial score (nSPS) is 10.5. The minimum atomic E-state index is -0.940. The van der Waals surface area contributed by atoms with E-state index in [1.54, 1.807) is 38.1 Å². The molecule has 0 aliphatic carbocycles. The van der Waals surface area contributed by atoms with Gasteiger partial charge < -0.3 is 19.8 Å². The zero-order valence-corrected chi connectivity index (χ0v) is 13.8. The van der Waals surface area contributed by atoms with Crippen molar-refractivity contribution in [3.05, 3.63) is 46.3 Å². The minimum Gasteiger partial charge on any atom is -0.450 e. The predicted molar refractivity (Wildman–Crippen MR) is 89.1 cm³/mol. The third-order valence-electron chi connectivity index (χ3n) is 3.07. The average Bonchev–Trinajstić information content (AvgIpc) is 2.57. The Bertz CT molecular complexity index is 856. The molecule has 0 atom stereocenters. The molecular formula is C17H18N2O6. The van der Waals surface area contributed by atoms with Gasteiger partial charge in [-0.05, 0) is 26.0 Å². The van der Waals surface area contributed by atoms with E-state index in [-0.39, 0.29) is 35.3 Å². The molecule has 2 amide bonds. The highest BCUT2D eigenvalue weighted by Crippen LogP contribution is 2.12. The molecule has 0 spiro atoms. The molecule has 0 saturated carbocycles. The van der Waals surface area contributed by atoms with Crippen LogP contribution in [0.1, 0.15) is 24.4 Å². The van der Waals surface area contributed by atoms with Crippen LogP contribution in [0.5, 0.6) is 0 Å². The zero-order valence-electron chi connectivity index (χ0n) is 13.8. The lowest BCUT2D eigenvalue weighted by atomic mass is 10.2. The van der Waals surface area contributed by atoms with Gasteiger partial charge in [0, 0.05) is 12.1 Å². The van der Waals surface area contributed by atoms with Crippen LogP contribution in [-0.2, 0) is 14.3 Å². The summed E-state index contributed by atoms with van der Waals surface area (Å²) in [5.41, 5.74) is -0.139. The molecule has 8 nitrogen and oxygen atoms in total. The second-order valence-electron chi connectivity index (χ2n) is 5.55. The third kappa shape index (κ3) is 5.17. The Kier molecular flexibility index (Phi) is 5.89. The molecule has 1 heterocycles. The van der Waals surface area contributed by atoms with Crippen LogP contribution in [0.2, 0.25) is 0 Å². The molecule has 2 rings (SSSR count).